The number of aryl methyl sites for hydroxylation is 2. The van der Waals surface area contributed by atoms with E-state index in [-0.39, 0.29) is 5.78 Å². The van der Waals surface area contributed by atoms with Crippen molar-refractivity contribution in [2.24, 2.45) is 0 Å². The Kier molecular flexibility index (Phi) is 4.85. The van der Waals surface area contributed by atoms with Gasteiger partial charge in [0.25, 0.3) is 0 Å². The molecule has 0 aliphatic rings. The lowest BCUT2D eigenvalue weighted by Gasteiger charge is -2.08. The van der Waals surface area contributed by atoms with Gasteiger partial charge in [0.15, 0.2) is 0 Å². The van der Waals surface area contributed by atoms with Crippen LogP contribution in [0.3, 0.4) is 0 Å². The van der Waals surface area contributed by atoms with E-state index in [1.54, 1.807) is 6.07 Å². The number of carbonyl (C=O) groups excluding carboxylic acids is 1. The van der Waals surface area contributed by atoms with Gasteiger partial charge in [-0.1, -0.05) is 59.1 Å². The highest BCUT2D eigenvalue weighted by molar-refractivity contribution is 6.42. The Balaban J connectivity index is 2.13. The molecule has 1 nitrogen and oxygen atoms in total. The Morgan fingerprint density at radius 3 is 2.45 bits per heavy atom. The zero-order valence-electron chi connectivity index (χ0n) is 11.5. The lowest BCUT2D eigenvalue weighted by atomic mass is 9.98. The highest BCUT2D eigenvalue weighted by atomic mass is 35.5. The second-order valence-corrected chi connectivity index (χ2v) is 5.82. The topological polar surface area (TPSA) is 17.1 Å². The number of benzene rings is 2. The van der Waals surface area contributed by atoms with E-state index in [4.69, 9.17) is 23.2 Å². The molecule has 104 valence electrons. The first-order valence-electron chi connectivity index (χ1n) is 6.48. The standard InChI is InChI=1S/C17H16Cl2O/c1-11-6-7-12(2)14(8-11)10-15(20)9-13-4-3-5-16(18)17(13)19/h3-8H,9-10H2,1-2H3. The lowest BCUT2D eigenvalue weighted by molar-refractivity contribution is -0.117. The summed E-state index contributed by atoms with van der Waals surface area (Å²) in [6.45, 7) is 4.05. The molecule has 0 radical (unpaired) electrons. The number of hydrogen-bond donors (Lipinski definition) is 0. The van der Waals surface area contributed by atoms with E-state index in [1.165, 1.54) is 5.56 Å². The van der Waals surface area contributed by atoms with Gasteiger partial charge in [0.05, 0.1) is 10.0 Å². The van der Waals surface area contributed by atoms with E-state index in [2.05, 4.69) is 12.1 Å². The molecule has 2 rings (SSSR count). The Morgan fingerprint density at radius 2 is 1.70 bits per heavy atom. The van der Waals surface area contributed by atoms with Gasteiger partial charge in [-0.25, -0.2) is 0 Å². The molecule has 0 atom stereocenters. The van der Waals surface area contributed by atoms with Crippen molar-refractivity contribution in [3.63, 3.8) is 0 Å². The number of rotatable bonds is 4. The third kappa shape index (κ3) is 3.62. The summed E-state index contributed by atoms with van der Waals surface area (Å²) < 4.78 is 0. The molecule has 0 aromatic heterocycles. The summed E-state index contributed by atoms with van der Waals surface area (Å²) in [5.41, 5.74) is 4.17. The Bertz CT molecular complexity index is 641. The van der Waals surface area contributed by atoms with Crippen molar-refractivity contribution < 1.29 is 4.79 Å². The van der Waals surface area contributed by atoms with Gasteiger partial charge in [-0.3, -0.25) is 4.79 Å². The molecule has 0 unspecified atom stereocenters. The zero-order chi connectivity index (χ0) is 14.7. The average Bonchev–Trinajstić information content (AvgIpc) is 2.39. The highest BCUT2D eigenvalue weighted by Gasteiger charge is 2.11. The van der Waals surface area contributed by atoms with Crippen LogP contribution in [-0.2, 0) is 17.6 Å². The fraction of sp³-hybridized carbons (Fsp3) is 0.235. The third-order valence-corrected chi connectivity index (χ3v) is 4.17. The minimum absolute atomic E-state index is 0.142. The van der Waals surface area contributed by atoms with Crippen LogP contribution in [-0.4, -0.2) is 5.78 Å². The van der Waals surface area contributed by atoms with E-state index >= 15 is 0 Å². The van der Waals surface area contributed by atoms with Crippen molar-refractivity contribution in [3.8, 4) is 0 Å². The van der Waals surface area contributed by atoms with Crippen LogP contribution in [0.25, 0.3) is 0 Å². The Hall–Kier alpha value is -1.31. The molecular formula is C17H16Cl2O. The summed E-state index contributed by atoms with van der Waals surface area (Å²) in [4.78, 5) is 12.2. The highest BCUT2D eigenvalue weighted by Crippen LogP contribution is 2.26. The van der Waals surface area contributed by atoms with Crippen molar-refractivity contribution in [2.75, 3.05) is 0 Å². The van der Waals surface area contributed by atoms with E-state index in [9.17, 15) is 4.79 Å². The van der Waals surface area contributed by atoms with Crippen molar-refractivity contribution in [1.29, 1.82) is 0 Å². The molecule has 3 heteroatoms. The first kappa shape index (κ1) is 15.1. The number of halogens is 2. The van der Waals surface area contributed by atoms with E-state index in [1.807, 2.05) is 32.0 Å². The number of ketones is 1. The van der Waals surface area contributed by atoms with Gasteiger partial charge in [-0.15, -0.1) is 0 Å². The number of Topliss-reactive ketones (excluding diaryl/α,β-unsaturated/α-hetero) is 1. The monoisotopic (exact) mass is 306 g/mol. The summed E-state index contributed by atoms with van der Waals surface area (Å²) in [5, 5.41) is 0.965. The Morgan fingerprint density at radius 1 is 1.00 bits per heavy atom. The second kappa shape index (κ2) is 6.43. The van der Waals surface area contributed by atoms with Crippen LogP contribution in [0.5, 0.6) is 0 Å². The van der Waals surface area contributed by atoms with Crippen LogP contribution in [0.1, 0.15) is 22.3 Å². The largest absolute Gasteiger partial charge is 0.299 e. The van der Waals surface area contributed by atoms with Crippen molar-refractivity contribution in [1.82, 2.24) is 0 Å². The van der Waals surface area contributed by atoms with E-state index in [0.717, 1.165) is 16.7 Å². The molecule has 0 aliphatic carbocycles. The number of hydrogen-bond acceptors (Lipinski definition) is 1. The third-order valence-electron chi connectivity index (χ3n) is 3.31. The van der Waals surface area contributed by atoms with Gasteiger partial charge in [0.1, 0.15) is 5.78 Å². The quantitative estimate of drug-likeness (QED) is 0.780. The van der Waals surface area contributed by atoms with Crippen molar-refractivity contribution in [3.05, 3.63) is 68.7 Å². The molecule has 0 saturated heterocycles. The second-order valence-electron chi connectivity index (χ2n) is 5.04. The molecule has 0 N–H and O–H groups in total. The molecule has 0 saturated carbocycles. The van der Waals surface area contributed by atoms with Crippen molar-refractivity contribution >= 4 is 29.0 Å². The van der Waals surface area contributed by atoms with Gasteiger partial charge in [0, 0.05) is 12.8 Å². The van der Waals surface area contributed by atoms with Crippen LogP contribution in [0.15, 0.2) is 36.4 Å². The molecule has 0 bridgehead atoms. The van der Waals surface area contributed by atoms with Gasteiger partial charge in [-0.2, -0.15) is 0 Å². The van der Waals surface area contributed by atoms with Crippen molar-refractivity contribution in [2.45, 2.75) is 26.7 Å². The smallest absolute Gasteiger partial charge is 0.141 e. The minimum Gasteiger partial charge on any atom is -0.299 e. The fourth-order valence-corrected chi connectivity index (χ4v) is 2.55. The fourth-order valence-electron chi connectivity index (χ4n) is 2.16. The molecule has 0 heterocycles. The lowest BCUT2D eigenvalue weighted by Crippen LogP contribution is -2.08. The maximum Gasteiger partial charge on any atom is 0.141 e. The number of carbonyl (C=O) groups is 1. The normalized spacial score (nSPS) is 10.6. The molecule has 0 amide bonds. The van der Waals surface area contributed by atoms with Crippen LogP contribution in [0.2, 0.25) is 10.0 Å². The Labute approximate surface area is 129 Å². The molecular weight excluding hydrogens is 291 g/mol. The van der Waals surface area contributed by atoms with Gasteiger partial charge >= 0.3 is 0 Å². The molecule has 2 aromatic rings. The first-order valence-corrected chi connectivity index (χ1v) is 7.23. The van der Waals surface area contributed by atoms with Crippen LogP contribution in [0.4, 0.5) is 0 Å². The van der Waals surface area contributed by atoms with Crippen LogP contribution in [0, 0.1) is 13.8 Å². The first-order chi connectivity index (χ1) is 9.47. The summed E-state index contributed by atoms with van der Waals surface area (Å²) in [5.74, 6) is 0.142. The van der Waals surface area contributed by atoms with E-state index < -0.39 is 0 Å². The van der Waals surface area contributed by atoms with Gasteiger partial charge < -0.3 is 0 Å². The maximum atomic E-state index is 12.2. The maximum absolute atomic E-state index is 12.2. The summed E-state index contributed by atoms with van der Waals surface area (Å²) in [7, 11) is 0. The van der Waals surface area contributed by atoms with E-state index in [0.29, 0.717) is 22.9 Å². The van der Waals surface area contributed by atoms with Crippen LogP contribution < -0.4 is 0 Å². The van der Waals surface area contributed by atoms with Crippen LogP contribution >= 0.6 is 23.2 Å². The zero-order valence-corrected chi connectivity index (χ0v) is 13.1. The average molecular weight is 307 g/mol. The SMILES string of the molecule is Cc1ccc(C)c(CC(=O)Cc2cccc(Cl)c2Cl)c1. The minimum atomic E-state index is 0.142. The molecule has 0 aliphatic heterocycles. The summed E-state index contributed by atoms with van der Waals surface area (Å²) in [6, 6.07) is 11.5. The molecule has 0 spiro atoms. The van der Waals surface area contributed by atoms with Gasteiger partial charge in [-0.05, 0) is 36.6 Å². The molecule has 20 heavy (non-hydrogen) atoms. The van der Waals surface area contributed by atoms with Gasteiger partial charge in [0.2, 0.25) is 0 Å². The molecule has 2 aromatic carbocycles. The predicted molar refractivity (Wildman–Crippen MR) is 84.8 cm³/mol. The predicted octanol–water partition coefficient (Wildman–Crippen LogP) is 4.96. The molecule has 0 fully saturated rings. The summed E-state index contributed by atoms with van der Waals surface area (Å²) in [6.07, 6.45) is 0.739. The summed E-state index contributed by atoms with van der Waals surface area (Å²) >= 11 is 12.1.